The lowest BCUT2D eigenvalue weighted by atomic mass is 10.0. The largest absolute Gasteiger partial charge is 0.422 e. The molecule has 0 atom stereocenters. The van der Waals surface area contributed by atoms with Crippen LogP contribution in [-0.2, 0) is 0 Å². The molecule has 0 aliphatic carbocycles. The quantitative estimate of drug-likeness (QED) is 0.175. The van der Waals surface area contributed by atoms with E-state index >= 15 is 0 Å². The molecular formula is C23H17N3O2S. The van der Waals surface area contributed by atoms with E-state index in [1.165, 1.54) is 0 Å². The van der Waals surface area contributed by atoms with Gasteiger partial charge in [0.1, 0.15) is 5.75 Å². The number of carbonyl (C=O) groups is 1. The number of nitrogens with one attached hydrogen (secondary N) is 1. The second kappa shape index (κ2) is 8.08. The molecule has 0 saturated carbocycles. The molecule has 4 rings (SSSR count). The van der Waals surface area contributed by atoms with E-state index in [4.69, 9.17) is 22.7 Å². The van der Waals surface area contributed by atoms with Crippen LogP contribution in [0.5, 0.6) is 5.75 Å². The Morgan fingerprint density at radius 3 is 2.31 bits per heavy atom. The summed E-state index contributed by atoms with van der Waals surface area (Å²) in [6.45, 7) is 0. The van der Waals surface area contributed by atoms with Gasteiger partial charge in [-0.15, -0.1) is 0 Å². The number of hydrogen-bond donors (Lipinski definition) is 2. The van der Waals surface area contributed by atoms with E-state index in [0.29, 0.717) is 16.9 Å². The first-order valence-electron chi connectivity index (χ1n) is 8.94. The van der Waals surface area contributed by atoms with Crippen LogP contribution >= 0.6 is 12.2 Å². The molecular weight excluding hydrogens is 382 g/mol. The van der Waals surface area contributed by atoms with Gasteiger partial charge in [0.2, 0.25) is 0 Å². The number of nitrogens with zero attached hydrogens (tertiary/aromatic N) is 1. The first kappa shape index (κ1) is 18.6. The minimum atomic E-state index is -0.436. The van der Waals surface area contributed by atoms with Crippen molar-refractivity contribution in [2.24, 2.45) is 10.8 Å². The van der Waals surface area contributed by atoms with Crippen molar-refractivity contribution in [2.45, 2.75) is 0 Å². The molecule has 6 heteroatoms. The topological polar surface area (TPSA) is 76.7 Å². The highest BCUT2D eigenvalue weighted by Crippen LogP contribution is 2.28. The van der Waals surface area contributed by atoms with Crippen molar-refractivity contribution in [1.82, 2.24) is 5.43 Å². The molecule has 0 spiro atoms. The van der Waals surface area contributed by atoms with Crippen LogP contribution in [0.1, 0.15) is 15.9 Å². The first-order chi connectivity index (χ1) is 14.1. The van der Waals surface area contributed by atoms with E-state index < -0.39 is 5.97 Å². The predicted octanol–water partition coefficient (Wildman–Crippen LogP) is 4.38. The minimum absolute atomic E-state index is 0.0517. The zero-order chi connectivity index (χ0) is 20.2. The van der Waals surface area contributed by atoms with Gasteiger partial charge in [0.15, 0.2) is 5.11 Å². The van der Waals surface area contributed by atoms with Gasteiger partial charge in [-0.05, 0) is 45.9 Å². The lowest BCUT2D eigenvalue weighted by Gasteiger charge is -2.11. The van der Waals surface area contributed by atoms with Crippen LogP contribution < -0.4 is 15.9 Å². The Hall–Kier alpha value is -3.77. The molecule has 4 aromatic rings. The Balaban J connectivity index is 1.76. The summed E-state index contributed by atoms with van der Waals surface area (Å²) in [4.78, 5) is 13.0. The summed E-state index contributed by atoms with van der Waals surface area (Å²) in [6, 6.07) is 24.7. The summed E-state index contributed by atoms with van der Waals surface area (Å²) in [7, 11) is 0. The molecule has 142 valence electrons. The molecule has 0 unspecified atom stereocenters. The van der Waals surface area contributed by atoms with E-state index in [1.54, 1.807) is 18.3 Å². The lowest BCUT2D eigenvalue weighted by Crippen LogP contribution is -2.24. The normalized spacial score (nSPS) is 11.0. The molecule has 0 saturated heterocycles. The molecule has 0 radical (unpaired) electrons. The van der Waals surface area contributed by atoms with E-state index in [9.17, 15) is 4.79 Å². The summed E-state index contributed by atoms with van der Waals surface area (Å²) in [5, 5.41) is 7.80. The van der Waals surface area contributed by atoms with E-state index in [2.05, 4.69) is 10.5 Å². The molecule has 0 bridgehead atoms. The number of fused-ring (bicyclic) bond motifs is 2. The number of hydrazone groups is 1. The molecule has 0 aromatic heterocycles. The molecule has 0 fully saturated rings. The smallest absolute Gasteiger partial charge is 0.344 e. The summed E-state index contributed by atoms with van der Waals surface area (Å²) in [5.74, 6) is -0.0378. The molecule has 3 N–H and O–H groups in total. The standard InChI is InChI=1S/C23H17N3O2S/c24-23(29)26-25-14-20-18-10-4-2-7-16(18)12-13-21(20)28-22(27)19-11-5-8-15-6-1-3-9-17(15)19/h1-14H,(H3,24,26,29)/b25-14-. The summed E-state index contributed by atoms with van der Waals surface area (Å²) >= 11 is 4.79. The first-order valence-corrected chi connectivity index (χ1v) is 9.34. The fourth-order valence-corrected chi connectivity index (χ4v) is 3.27. The fraction of sp³-hybridized carbons (Fsp3) is 0. The maximum atomic E-state index is 13.0. The Kier molecular flexibility index (Phi) is 5.18. The van der Waals surface area contributed by atoms with Crippen LogP contribution in [0.4, 0.5) is 0 Å². The van der Waals surface area contributed by atoms with Gasteiger partial charge in [-0.3, -0.25) is 5.43 Å². The third-order valence-corrected chi connectivity index (χ3v) is 4.60. The van der Waals surface area contributed by atoms with Crippen molar-refractivity contribution in [1.29, 1.82) is 0 Å². The average molecular weight is 399 g/mol. The van der Waals surface area contributed by atoms with Crippen molar-refractivity contribution >= 4 is 51.1 Å². The van der Waals surface area contributed by atoms with Gasteiger partial charge >= 0.3 is 5.97 Å². The van der Waals surface area contributed by atoms with Crippen molar-refractivity contribution in [2.75, 3.05) is 0 Å². The third kappa shape index (κ3) is 3.93. The SMILES string of the molecule is NC(=S)N/N=C\c1c(OC(=O)c2cccc3ccccc23)ccc2ccccc12. The molecule has 29 heavy (non-hydrogen) atoms. The Bertz CT molecular complexity index is 1260. The van der Waals surface area contributed by atoms with Crippen LogP contribution in [-0.4, -0.2) is 17.3 Å². The van der Waals surface area contributed by atoms with Crippen molar-refractivity contribution in [3.8, 4) is 5.75 Å². The van der Waals surface area contributed by atoms with Gasteiger partial charge in [-0.25, -0.2) is 4.79 Å². The van der Waals surface area contributed by atoms with Gasteiger partial charge in [0.25, 0.3) is 0 Å². The van der Waals surface area contributed by atoms with Gasteiger partial charge in [-0.2, -0.15) is 5.10 Å². The van der Waals surface area contributed by atoms with E-state index in [1.807, 2.05) is 66.7 Å². The molecule has 0 aliphatic heterocycles. The zero-order valence-electron chi connectivity index (χ0n) is 15.3. The zero-order valence-corrected chi connectivity index (χ0v) is 16.1. The molecule has 0 amide bonds. The highest BCUT2D eigenvalue weighted by molar-refractivity contribution is 7.80. The number of thiocarbonyl (C=S) groups is 1. The molecule has 0 heterocycles. The van der Waals surface area contributed by atoms with Crippen LogP contribution in [0.15, 0.2) is 84.0 Å². The van der Waals surface area contributed by atoms with Crippen LogP contribution in [0.25, 0.3) is 21.5 Å². The Labute approximate surface area is 172 Å². The fourth-order valence-electron chi connectivity index (χ4n) is 3.22. The van der Waals surface area contributed by atoms with Gasteiger partial charge in [0.05, 0.1) is 11.8 Å². The second-order valence-electron chi connectivity index (χ2n) is 6.35. The maximum Gasteiger partial charge on any atom is 0.344 e. The third-order valence-electron chi connectivity index (χ3n) is 4.51. The molecule has 4 aromatic carbocycles. The lowest BCUT2D eigenvalue weighted by molar-refractivity contribution is 0.0737. The monoisotopic (exact) mass is 399 g/mol. The van der Waals surface area contributed by atoms with Gasteiger partial charge in [-0.1, -0.05) is 66.7 Å². The predicted molar refractivity (Wildman–Crippen MR) is 120 cm³/mol. The summed E-state index contributed by atoms with van der Waals surface area (Å²) in [5.41, 5.74) is 9.12. The number of esters is 1. The van der Waals surface area contributed by atoms with Crippen LogP contribution in [0.3, 0.4) is 0 Å². The molecule has 5 nitrogen and oxygen atoms in total. The molecule has 0 aliphatic rings. The van der Waals surface area contributed by atoms with Gasteiger partial charge in [0, 0.05) is 5.56 Å². The van der Waals surface area contributed by atoms with Gasteiger partial charge < -0.3 is 10.5 Å². The average Bonchev–Trinajstić information content (AvgIpc) is 2.74. The van der Waals surface area contributed by atoms with E-state index in [0.717, 1.165) is 21.5 Å². The second-order valence-corrected chi connectivity index (χ2v) is 6.79. The summed E-state index contributed by atoms with van der Waals surface area (Å²) in [6.07, 6.45) is 1.55. The number of rotatable bonds is 4. The van der Waals surface area contributed by atoms with Crippen molar-refractivity contribution in [3.05, 3.63) is 90.0 Å². The number of hydrogen-bond acceptors (Lipinski definition) is 4. The summed E-state index contributed by atoms with van der Waals surface area (Å²) < 4.78 is 5.78. The number of ether oxygens (including phenoxy) is 1. The van der Waals surface area contributed by atoms with Crippen LogP contribution in [0, 0.1) is 0 Å². The number of benzene rings is 4. The highest BCUT2D eigenvalue weighted by Gasteiger charge is 2.15. The highest BCUT2D eigenvalue weighted by atomic mass is 32.1. The number of nitrogens with two attached hydrogens (primary N) is 1. The minimum Gasteiger partial charge on any atom is -0.422 e. The Morgan fingerprint density at radius 2 is 1.55 bits per heavy atom. The van der Waals surface area contributed by atoms with Crippen LogP contribution in [0.2, 0.25) is 0 Å². The van der Waals surface area contributed by atoms with E-state index in [-0.39, 0.29) is 5.11 Å². The maximum absolute atomic E-state index is 13.0. The van der Waals surface area contributed by atoms with Crippen molar-refractivity contribution < 1.29 is 9.53 Å². The Morgan fingerprint density at radius 1 is 0.897 bits per heavy atom. The van der Waals surface area contributed by atoms with Crippen molar-refractivity contribution in [3.63, 3.8) is 0 Å². The number of carbonyl (C=O) groups excluding carboxylic acids is 1.